The van der Waals surface area contributed by atoms with E-state index in [9.17, 15) is 0 Å². The second-order valence-electron chi connectivity index (χ2n) is 11.3. The van der Waals surface area contributed by atoms with E-state index < -0.39 is 8.32 Å². The van der Waals surface area contributed by atoms with Crippen LogP contribution in [0.4, 0.5) is 0 Å². The Hall–Kier alpha value is -1.36. The van der Waals surface area contributed by atoms with Crippen molar-refractivity contribution < 1.29 is 4.43 Å². The van der Waals surface area contributed by atoms with Gasteiger partial charge in [-0.1, -0.05) is 50.6 Å². The maximum atomic E-state index is 6.83. The molecule has 4 aliphatic rings. The van der Waals surface area contributed by atoms with Gasteiger partial charge in [0.05, 0.1) is 6.04 Å². The van der Waals surface area contributed by atoms with Crippen LogP contribution in [0.1, 0.15) is 51.4 Å². The van der Waals surface area contributed by atoms with Gasteiger partial charge >= 0.3 is 0 Å². The Morgan fingerprint density at radius 1 is 1.20 bits per heavy atom. The molecule has 4 bridgehead atoms. The van der Waals surface area contributed by atoms with Gasteiger partial charge in [0.2, 0.25) is 0 Å². The fourth-order valence-electron chi connectivity index (χ4n) is 6.21. The Labute approximate surface area is 183 Å². The molecule has 0 aliphatic carbocycles. The number of fused-ring (bicyclic) bond motifs is 4. The van der Waals surface area contributed by atoms with Gasteiger partial charge in [-0.3, -0.25) is 4.90 Å². The Bertz CT molecular complexity index is 1010. The SMILES string of the molecule is C/C=C1/CN2[C@@H]3C[C@H]1[C@H](CO[Si](C)(C)C(C)(C)C)[C@H]2Cc1c3n(C)c2ccccc12. The number of aryl methyl sites for hydroxylation is 1. The van der Waals surface area contributed by atoms with E-state index in [4.69, 9.17) is 4.43 Å². The maximum absolute atomic E-state index is 6.83. The Balaban J connectivity index is 1.53. The summed E-state index contributed by atoms with van der Waals surface area (Å²) in [5.41, 5.74) is 6.23. The average molecular weight is 423 g/mol. The lowest BCUT2D eigenvalue weighted by molar-refractivity contribution is -0.0493. The molecule has 5 atom stereocenters. The second kappa shape index (κ2) is 6.82. The lowest BCUT2D eigenvalue weighted by Gasteiger charge is -2.59. The minimum absolute atomic E-state index is 0.266. The summed E-state index contributed by atoms with van der Waals surface area (Å²) in [5.74, 6) is 1.29. The molecule has 1 aromatic heterocycles. The normalized spacial score (nSPS) is 32.1. The zero-order valence-corrected chi connectivity index (χ0v) is 20.8. The Kier molecular flexibility index (Phi) is 4.67. The van der Waals surface area contributed by atoms with Crippen molar-refractivity contribution in [2.24, 2.45) is 18.9 Å². The van der Waals surface area contributed by atoms with Gasteiger partial charge in [-0.15, -0.1) is 0 Å². The van der Waals surface area contributed by atoms with Crippen molar-refractivity contribution in [3.63, 3.8) is 0 Å². The Morgan fingerprint density at radius 3 is 2.63 bits per heavy atom. The molecule has 0 N–H and O–H groups in total. The molecular weight excluding hydrogens is 384 g/mol. The van der Waals surface area contributed by atoms with Gasteiger partial charge in [-0.05, 0) is 55.4 Å². The van der Waals surface area contributed by atoms with Crippen molar-refractivity contribution in [1.29, 1.82) is 0 Å². The molecule has 3 fully saturated rings. The summed E-state index contributed by atoms with van der Waals surface area (Å²) in [5, 5.41) is 1.74. The van der Waals surface area contributed by atoms with Gasteiger partial charge in [0, 0.05) is 48.8 Å². The van der Waals surface area contributed by atoms with Crippen LogP contribution >= 0.6 is 0 Å². The summed E-state index contributed by atoms with van der Waals surface area (Å²) in [6, 6.07) is 10.2. The van der Waals surface area contributed by atoms with Gasteiger partial charge < -0.3 is 8.99 Å². The summed E-state index contributed by atoms with van der Waals surface area (Å²) in [7, 11) is 0.534. The summed E-state index contributed by atoms with van der Waals surface area (Å²) < 4.78 is 9.32. The molecule has 1 aromatic carbocycles. The van der Waals surface area contributed by atoms with E-state index in [1.165, 1.54) is 23.7 Å². The molecule has 162 valence electrons. The maximum Gasteiger partial charge on any atom is 0.191 e. The molecule has 0 radical (unpaired) electrons. The fourth-order valence-corrected chi connectivity index (χ4v) is 7.25. The molecule has 4 heteroatoms. The van der Waals surface area contributed by atoms with E-state index in [-0.39, 0.29) is 5.04 Å². The van der Waals surface area contributed by atoms with Crippen LogP contribution in [-0.2, 0) is 17.9 Å². The van der Waals surface area contributed by atoms with Crippen molar-refractivity contribution in [2.75, 3.05) is 13.2 Å². The van der Waals surface area contributed by atoms with Crippen LogP contribution < -0.4 is 0 Å². The third kappa shape index (κ3) is 2.83. The zero-order chi connectivity index (χ0) is 21.4. The number of allylic oxidation sites excluding steroid dienone is 1. The van der Waals surface area contributed by atoms with Crippen molar-refractivity contribution >= 4 is 19.2 Å². The minimum Gasteiger partial charge on any atom is -0.416 e. The predicted octanol–water partition coefficient (Wildman–Crippen LogP) is 6.06. The van der Waals surface area contributed by atoms with Crippen molar-refractivity contribution in [2.45, 2.75) is 70.8 Å². The van der Waals surface area contributed by atoms with Gasteiger partial charge in [0.15, 0.2) is 8.32 Å². The first-order chi connectivity index (χ1) is 14.1. The van der Waals surface area contributed by atoms with Crippen LogP contribution in [0.2, 0.25) is 18.1 Å². The highest BCUT2D eigenvalue weighted by atomic mass is 28.4. The van der Waals surface area contributed by atoms with Crippen LogP contribution in [0.3, 0.4) is 0 Å². The predicted molar refractivity (Wildman–Crippen MR) is 128 cm³/mol. The average Bonchev–Trinajstić information content (AvgIpc) is 2.98. The summed E-state index contributed by atoms with van der Waals surface area (Å²) in [4.78, 5) is 2.83. The zero-order valence-electron chi connectivity index (χ0n) is 19.8. The van der Waals surface area contributed by atoms with Crippen LogP contribution in [0.25, 0.3) is 10.9 Å². The van der Waals surface area contributed by atoms with Gasteiger partial charge in [0.25, 0.3) is 0 Å². The number of hydrogen-bond donors (Lipinski definition) is 0. The molecule has 0 amide bonds. The first-order valence-electron chi connectivity index (χ1n) is 11.7. The van der Waals surface area contributed by atoms with Gasteiger partial charge in [-0.25, -0.2) is 0 Å². The smallest absolute Gasteiger partial charge is 0.191 e. The van der Waals surface area contributed by atoms with Crippen LogP contribution in [0, 0.1) is 11.8 Å². The number of nitrogens with zero attached hydrogens (tertiary/aromatic N) is 2. The van der Waals surface area contributed by atoms with Crippen LogP contribution in [0.15, 0.2) is 35.9 Å². The molecule has 2 aromatic rings. The minimum atomic E-state index is -1.74. The molecule has 3 nitrogen and oxygen atoms in total. The van der Waals surface area contributed by atoms with Crippen molar-refractivity contribution in [3.05, 3.63) is 47.2 Å². The molecule has 0 saturated carbocycles. The summed E-state index contributed by atoms with van der Waals surface area (Å²) in [6.45, 7) is 16.2. The standard InChI is InChI=1S/C26H38N2OSi/c1-8-17-15-28-23-14-20-18-11-9-10-12-22(18)27(5)25(20)24(28)13-19(17)21(23)16-29-30(6,7)26(2,3)4/h8-12,19,21,23-24H,13-16H2,1-7H3/b17-8-/t19-,21+,23-,24-/m1/s1. The molecule has 1 unspecified atom stereocenters. The fraction of sp³-hybridized carbons (Fsp3) is 0.615. The van der Waals surface area contributed by atoms with Gasteiger partial charge in [-0.2, -0.15) is 0 Å². The number of aromatic nitrogens is 1. The van der Waals surface area contributed by atoms with E-state index >= 15 is 0 Å². The monoisotopic (exact) mass is 422 g/mol. The van der Waals surface area contributed by atoms with E-state index in [2.05, 4.69) is 87.6 Å². The third-order valence-electron chi connectivity index (χ3n) is 8.96. The lowest BCUT2D eigenvalue weighted by Crippen LogP contribution is -2.61. The van der Waals surface area contributed by atoms with E-state index in [0.29, 0.717) is 23.9 Å². The number of rotatable bonds is 3. The molecular formula is C26H38N2OSi. The number of hydrogen-bond acceptors (Lipinski definition) is 2. The molecule has 4 aliphatic heterocycles. The second-order valence-corrected chi connectivity index (χ2v) is 16.1. The molecule has 0 spiro atoms. The van der Waals surface area contributed by atoms with E-state index in [1.54, 1.807) is 16.8 Å². The van der Waals surface area contributed by atoms with Crippen LogP contribution in [0.5, 0.6) is 0 Å². The van der Waals surface area contributed by atoms with E-state index in [1.807, 2.05) is 0 Å². The summed E-state index contributed by atoms with van der Waals surface area (Å²) >= 11 is 0. The molecule has 30 heavy (non-hydrogen) atoms. The first kappa shape index (κ1) is 20.5. The third-order valence-corrected chi connectivity index (χ3v) is 13.5. The highest BCUT2D eigenvalue weighted by molar-refractivity contribution is 6.74. The molecule has 6 rings (SSSR count). The van der Waals surface area contributed by atoms with Crippen LogP contribution in [-0.4, -0.2) is 37.0 Å². The molecule has 5 heterocycles. The quantitative estimate of drug-likeness (QED) is 0.441. The number of piperidine rings is 3. The highest BCUT2D eigenvalue weighted by Gasteiger charge is 2.53. The van der Waals surface area contributed by atoms with Crippen molar-refractivity contribution in [1.82, 2.24) is 9.47 Å². The van der Waals surface area contributed by atoms with Crippen molar-refractivity contribution in [3.8, 4) is 0 Å². The highest BCUT2D eigenvalue weighted by Crippen LogP contribution is 2.55. The lowest BCUT2D eigenvalue weighted by atomic mass is 9.64. The topological polar surface area (TPSA) is 17.4 Å². The van der Waals surface area contributed by atoms with Gasteiger partial charge in [0.1, 0.15) is 0 Å². The molecule has 3 saturated heterocycles. The number of para-hydroxylation sites is 1. The summed E-state index contributed by atoms with van der Waals surface area (Å²) in [6.07, 6.45) is 4.82. The number of benzene rings is 1. The van der Waals surface area contributed by atoms with E-state index in [0.717, 1.165) is 13.2 Å². The Morgan fingerprint density at radius 2 is 1.93 bits per heavy atom. The first-order valence-corrected chi connectivity index (χ1v) is 14.7. The largest absolute Gasteiger partial charge is 0.416 e.